The molecule has 1 rings (SSSR count). The Kier molecular flexibility index (Phi) is 2.62. The third-order valence-corrected chi connectivity index (χ3v) is 1.65. The minimum absolute atomic E-state index is 0.145. The second-order valence-corrected chi connectivity index (χ2v) is 2.55. The molecule has 0 amide bonds. The predicted octanol–water partition coefficient (Wildman–Crippen LogP) is 0.490. The normalized spacial score (nSPS) is 12.9. The molecule has 0 saturated heterocycles. The van der Waals surface area contributed by atoms with Gasteiger partial charge in [0.2, 0.25) is 0 Å². The van der Waals surface area contributed by atoms with Crippen molar-refractivity contribution >= 4 is 0 Å². The van der Waals surface area contributed by atoms with Crippen LogP contribution in [0.3, 0.4) is 0 Å². The zero-order chi connectivity index (χ0) is 9.14. The monoisotopic (exact) mass is 170 g/mol. The van der Waals surface area contributed by atoms with Gasteiger partial charge in [-0.3, -0.25) is 0 Å². The van der Waals surface area contributed by atoms with E-state index in [1.165, 1.54) is 12.1 Å². The molecule has 0 fully saturated rings. The van der Waals surface area contributed by atoms with E-state index in [0.29, 0.717) is 5.56 Å². The summed E-state index contributed by atoms with van der Waals surface area (Å²) < 4.78 is 12.5. The van der Waals surface area contributed by atoms with Crippen LogP contribution in [0.15, 0.2) is 18.2 Å². The molecule has 0 spiro atoms. The van der Waals surface area contributed by atoms with E-state index in [1.54, 1.807) is 0 Å². The lowest BCUT2D eigenvalue weighted by Crippen LogP contribution is -2.20. The first kappa shape index (κ1) is 8.96. The molecule has 66 valence electrons. The van der Waals surface area contributed by atoms with Gasteiger partial charge in [0.1, 0.15) is 11.6 Å². The van der Waals surface area contributed by atoms with Crippen LogP contribution in [0.1, 0.15) is 11.6 Å². The summed E-state index contributed by atoms with van der Waals surface area (Å²) in [7, 11) is 0. The Hall–Kier alpha value is -1.13. The highest BCUT2D eigenvalue weighted by Crippen LogP contribution is 2.22. The summed E-state index contributed by atoms with van der Waals surface area (Å²) in [5.41, 5.74) is 11.3. The first-order valence-electron chi connectivity index (χ1n) is 3.59. The number of hydrogen-bond acceptors (Lipinski definition) is 3. The van der Waals surface area contributed by atoms with Gasteiger partial charge >= 0.3 is 0 Å². The Bertz CT molecular complexity index is 278. The van der Waals surface area contributed by atoms with Gasteiger partial charge in [-0.05, 0) is 6.07 Å². The van der Waals surface area contributed by atoms with Crippen LogP contribution in [0.5, 0.6) is 5.75 Å². The standard InChI is InChI=1S/C8H11FN2O/c9-5-1-2-6(7(11)4-10)8(12)3-5/h1-3,7,12H,4,10-11H2. The Morgan fingerprint density at radius 1 is 1.50 bits per heavy atom. The summed E-state index contributed by atoms with van der Waals surface area (Å²) in [6.07, 6.45) is 0. The predicted molar refractivity (Wildman–Crippen MR) is 44.0 cm³/mol. The van der Waals surface area contributed by atoms with Crippen molar-refractivity contribution in [2.45, 2.75) is 6.04 Å². The lowest BCUT2D eigenvalue weighted by molar-refractivity contribution is 0.456. The summed E-state index contributed by atoms with van der Waals surface area (Å²) in [6, 6.07) is 3.25. The van der Waals surface area contributed by atoms with E-state index in [4.69, 9.17) is 11.5 Å². The van der Waals surface area contributed by atoms with E-state index in [9.17, 15) is 9.50 Å². The number of aromatic hydroxyl groups is 1. The zero-order valence-electron chi connectivity index (χ0n) is 6.50. The Balaban J connectivity index is 3.01. The van der Waals surface area contributed by atoms with Crippen LogP contribution in [0.4, 0.5) is 4.39 Å². The second kappa shape index (κ2) is 3.51. The number of phenolic OH excluding ortho intramolecular Hbond substituents is 1. The molecule has 0 aliphatic rings. The fraction of sp³-hybridized carbons (Fsp3) is 0.250. The maximum Gasteiger partial charge on any atom is 0.126 e. The van der Waals surface area contributed by atoms with Crippen molar-refractivity contribution in [3.63, 3.8) is 0 Å². The van der Waals surface area contributed by atoms with Gasteiger partial charge in [-0.25, -0.2) is 4.39 Å². The van der Waals surface area contributed by atoms with E-state index in [-0.39, 0.29) is 12.3 Å². The minimum atomic E-state index is -0.486. The van der Waals surface area contributed by atoms with Crippen molar-refractivity contribution in [2.24, 2.45) is 11.5 Å². The number of benzene rings is 1. The highest BCUT2D eigenvalue weighted by Gasteiger charge is 2.08. The van der Waals surface area contributed by atoms with Crippen LogP contribution in [-0.2, 0) is 0 Å². The largest absolute Gasteiger partial charge is 0.508 e. The molecule has 0 saturated carbocycles. The Morgan fingerprint density at radius 3 is 2.67 bits per heavy atom. The number of nitrogens with two attached hydrogens (primary N) is 2. The van der Waals surface area contributed by atoms with E-state index < -0.39 is 11.9 Å². The SMILES string of the molecule is NCC(N)c1ccc(F)cc1O. The number of rotatable bonds is 2. The van der Waals surface area contributed by atoms with Crippen molar-refractivity contribution in [1.82, 2.24) is 0 Å². The van der Waals surface area contributed by atoms with Crippen LogP contribution >= 0.6 is 0 Å². The summed E-state index contributed by atoms with van der Waals surface area (Å²) in [5, 5.41) is 9.22. The van der Waals surface area contributed by atoms with Crippen LogP contribution in [0, 0.1) is 5.82 Å². The van der Waals surface area contributed by atoms with Gasteiger partial charge in [-0.2, -0.15) is 0 Å². The molecule has 1 aromatic carbocycles. The number of hydrogen-bond donors (Lipinski definition) is 3. The molecule has 0 heterocycles. The zero-order valence-corrected chi connectivity index (χ0v) is 6.50. The maximum absolute atomic E-state index is 12.5. The lowest BCUT2D eigenvalue weighted by atomic mass is 10.1. The number of halogens is 1. The fourth-order valence-corrected chi connectivity index (χ4v) is 0.957. The molecule has 0 radical (unpaired) electrons. The highest BCUT2D eigenvalue weighted by atomic mass is 19.1. The Morgan fingerprint density at radius 2 is 2.17 bits per heavy atom. The average Bonchev–Trinajstić information content (AvgIpc) is 2.03. The van der Waals surface area contributed by atoms with Gasteiger partial charge in [-0.1, -0.05) is 6.07 Å². The van der Waals surface area contributed by atoms with Gasteiger partial charge in [0.25, 0.3) is 0 Å². The molecule has 1 unspecified atom stereocenters. The molecular weight excluding hydrogens is 159 g/mol. The molecule has 12 heavy (non-hydrogen) atoms. The minimum Gasteiger partial charge on any atom is -0.508 e. The molecule has 0 aliphatic heterocycles. The second-order valence-electron chi connectivity index (χ2n) is 2.55. The molecule has 1 aromatic rings. The van der Waals surface area contributed by atoms with Crippen LogP contribution in [0.25, 0.3) is 0 Å². The van der Waals surface area contributed by atoms with Gasteiger partial charge in [0, 0.05) is 24.2 Å². The van der Waals surface area contributed by atoms with Crippen molar-refractivity contribution in [2.75, 3.05) is 6.54 Å². The van der Waals surface area contributed by atoms with E-state index >= 15 is 0 Å². The molecule has 0 aliphatic carbocycles. The van der Waals surface area contributed by atoms with Crippen molar-refractivity contribution < 1.29 is 9.50 Å². The van der Waals surface area contributed by atoms with E-state index in [1.807, 2.05) is 0 Å². The molecule has 0 aromatic heterocycles. The van der Waals surface area contributed by atoms with Crippen molar-refractivity contribution in [1.29, 1.82) is 0 Å². The van der Waals surface area contributed by atoms with Crippen molar-refractivity contribution in [3.8, 4) is 5.75 Å². The summed E-state index contributed by atoms with van der Waals surface area (Å²) in [4.78, 5) is 0. The summed E-state index contributed by atoms with van der Waals surface area (Å²) in [6.45, 7) is 0.221. The quantitative estimate of drug-likeness (QED) is 0.604. The molecule has 4 heteroatoms. The average molecular weight is 170 g/mol. The first-order valence-corrected chi connectivity index (χ1v) is 3.59. The molecule has 1 atom stereocenters. The van der Waals surface area contributed by atoms with E-state index in [0.717, 1.165) is 6.07 Å². The topological polar surface area (TPSA) is 72.3 Å². The molecule has 3 nitrogen and oxygen atoms in total. The smallest absolute Gasteiger partial charge is 0.126 e. The number of phenols is 1. The van der Waals surface area contributed by atoms with Gasteiger partial charge in [0.15, 0.2) is 0 Å². The van der Waals surface area contributed by atoms with Crippen LogP contribution < -0.4 is 11.5 Å². The lowest BCUT2D eigenvalue weighted by Gasteiger charge is -2.10. The summed E-state index contributed by atoms with van der Waals surface area (Å²) >= 11 is 0. The molecular formula is C8H11FN2O. The Labute approximate surface area is 69.8 Å². The van der Waals surface area contributed by atoms with Crippen LogP contribution in [0.2, 0.25) is 0 Å². The van der Waals surface area contributed by atoms with Crippen LogP contribution in [-0.4, -0.2) is 11.7 Å². The third-order valence-electron chi connectivity index (χ3n) is 1.65. The first-order chi connectivity index (χ1) is 5.65. The third kappa shape index (κ3) is 1.72. The summed E-state index contributed by atoms with van der Waals surface area (Å²) in [5.74, 6) is -0.631. The highest BCUT2D eigenvalue weighted by molar-refractivity contribution is 5.35. The molecule has 5 N–H and O–H groups in total. The molecule has 0 bridgehead atoms. The van der Waals surface area contributed by atoms with Crippen molar-refractivity contribution in [3.05, 3.63) is 29.6 Å². The van der Waals surface area contributed by atoms with Gasteiger partial charge in [0.05, 0.1) is 0 Å². The maximum atomic E-state index is 12.5. The van der Waals surface area contributed by atoms with Gasteiger partial charge < -0.3 is 16.6 Å². The fourth-order valence-electron chi connectivity index (χ4n) is 0.957. The van der Waals surface area contributed by atoms with Gasteiger partial charge in [-0.15, -0.1) is 0 Å². The van der Waals surface area contributed by atoms with E-state index in [2.05, 4.69) is 0 Å².